The molecule has 142 valence electrons. The van der Waals surface area contributed by atoms with E-state index in [1.165, 1.54) is 11.1 Å². The Morgan fingerprint density at radius 1 is 1.00 bits per heavy atom. The number of nitrogens with one attached hydrogen (secondary N) is 1. The van der Waals surface area contributed by atoms with Crippen LogP contribution in [0.1, 0.15) is 44.7 Å². The van der Waals surface area contributed by atoms with Crippen molar-refractivity contribution >= 4 is 5.69 Å². The van der Waals surface area contributed by atoms with E-state index in [1.54, 1.807) is 0 Å². The topological polar surface area (TPSA) is 30.5 Å². The number of aryl methyl sites for hydroxylation is 2. The van der Waals surface area contributed by atoms with Gasteiger partial charge >= 0.3 is 0 Å². The molecule has 0 saturated carbocycles. The van der Waals surface area contributed by atoms with Gasteiger partial charge in [-0.05, 0) is 68.4 Å². The van der Waals surface area contributed by atoms with E-state index in [-0.39, 0.29) is 5.41 Å². The zero-order valence-corrected chi connectivity index (χ0v) is 16.9. The van der Waals surface area contributed by atoms with Crippen molar-refractivity contribution in [3.8, 4) is 11.5 Å². The summed E-state index contributed by atoms with van der Waals surface area (Å²) in [5.41, 5.74) is 3.75. The van der Waals surface area contributed by atoms with Gasteiger partial charge in [0.25, 0.3) is 0 Å². The minimum Gasteiger partial charge on any atom is -0.494 e. The van der Waals surface area contributed by atoms with E-state index in [1.807, 2.05) is 19.1 Å². The maximum atomic E-state index is 5.98. The maximum absolute atomic E-state index is 5.98. The quantitative estimate of drug-likeness (QED) is 0.530. The van der Waals surface area contributed by atoms with E-state index >= 15 is 0 Å². The lowest BCUT2D eigenvalue weighted by atomic mass is 9.88. The number of rotatable bonds is 10. The summed E-state index contributed by atoms with van der Waals surface area (Å²) in [6.45, 7) is 13.2. The SMILES string of the molecule is CCOc1cccc(NCC(C)(C)CCCOc2cc(C)ccc2C)c1. The molecule has 0 aliphatic carbocycles. The van der Waals surface area contributed by atoms with E-state index in [4.69, 9.17) is 9.47 Å². The monoisotopic (exact) mass is 355 g/mol. The Kier molecular flexibility index (Phi) is 7.38. The second-order valence-electron chi connectivity index (χ2n) is 7.70. The molecule has 2 rings (SSSR count). The van der Waals surface area contributed by atoms with Crippen molar-refractivity contribution in [2.24, 2.45) is 5.41 Å². The predicted molar refractivity (Wildman–Crippen MR) is 111 cm³/mol. The molecule has 2 aromatic rings. The zero-order chi connectivity index (χ0) is 19.0. The van der Waals surface area contributed by atoms with E-state index in [9.17, 15) is 0 Å². The predicted octanol–water partition coefficient (Wildman–Crippen LogP) is 6.00. The molecular weight excluding hydrogens is 322 g/mol. The Labute approximate surface area is 158 Å². The van der Waals surface area contributed by atoms with Crippen LogP contribution in [-0.4, -0.2) is 19.8 Å². The Balaban J connectivity index is 1.76. The highest BCUT2D eigenvalue weighted by molar-refractivity contribution is 5.48. The van der Waals surface area contributed by atoms with Gasteiger partial charge in [0, 0.05) is 18.3 Å². The fourth-order valence-electron chi connectivity index (χ4n) is 2.89. The summed E-state index contributed by atoms with van der Waals surface area (Å²) in [4.78, 5) is 0. The van der Waals surface area contributed by atoms with Crippen molar-refractivity contribution in [3.63, 3.8) is 0 Å². The molecule has 0 aliphatic rings. The first kappa shape index (κ1) is 20.2. The van der Waals surface area contributed by atoms with Crippen LogP contribution in [-0.2, 0) is 0 Å². The van der Waals surface area contributed by atoms with Gasteiger partial charge in [0.1, 0.15) is 11.5 Å². The fraction of sp³-hybridized carbons (Fsp3) is 0.478. The molecule has 3 heteroatoms. The van der Waals surface area contributed by atoms with Gasteiger partial charge in [0.15, 0.2) is 0 Å². The van der Waals surface area contributed by atoms with Crippen LogP contribution >= 0.6 is 0 Å². The van der Waals surface area contributed by atoms with Crippen LogP contribution in [0.5, 0.6) is 11.5 Å². The Morgan fingerprint density at radius 2 is 1.81 bits per heavy atom. The van der Waals surface area contributed by atoms with E-state index < -0.39 is 0 Å². The molecular formula is C23H33NO2. The number of hydrogen-bond donors (Lipinski definition) is 1. The average Bonchev–Trinajstić information content (AvgIpc) is 2.61. The Morgan fingerprint density at radius 3 is 2.58 bits per heavy atom. The lowest BCUT2D eigenvalue weighted by Crippen LogP contribution is -2.23. The third kappa shape index (κ3) is 6.62. The van der Waals surface area contributed by atoms with Crippen LogP contribution in [0.15, 0.2) is 42.5 Å². The van der Waals surface area contributed by atoms with Gasteiger partial charge in [-0.1, -0.05) is 32.0 Å². The molecule has 0 saturated heterocycles. The molecule has 0 radical (unpaired) electrons. The zero-order valence-electron chi connectivity index (χ0n) is 16.9. The van der Waals surface area contributed by atoms with Gasteiger partial charge in [-0.3, -0.25) is 0 Å². The molecule has 3 nitrogen and oxygen atoms in total. The van der Waals surface area contributed by atoms with Gasteiger partial charge in [0.05, 0.1) is 13.2 Å². The third-order valence-corrected chi connectivity index (χ3v) is 4.52. The largest absolute Gasteiger partial charge is 0.494 e. The van der Waals surface area contributed by atoms with Gasteiger partial charge in [-0.2, -0.15) is 0 Å². The number of ether oxygens (including phenoxy) is 2. The molecule has 0 heterocycles. The molecule has 0 fully saturated rings. The van der Waals surface area contributed by atoms with E-state index in [0.717, 1.165) is 43.2 Å². The molecule has 0 aromatic heterocycles. The summed E-state index contributed by atoms with van der Waals surface area (Å²) in [6.07, 6.45) is 2.15. The van der Waals surface area contributed by atoms with Crippen LogP contribution in [0.3, 0.4) is 0 Å². The summed E-state index contributed by atoms with van der Waals surface area (Å²) < 4.78 is 11.5. The standard InChI is InChI=1S/C23H33NO2/c1-6-25-21-10-7-9-20(16-21)24-17-23(4,5)13-8-14-26-22-15-18(2)11-12-19(22)3/h7,9-12,15-16,24H,6,8,13-14,17H2,1-5H3. The molecule has 0 bridgehead atoms. The summed E-state index contributed by atoms with van der Waals surface area (Å²) in [5.74, 6) is 1.92. The van der Waals surface area contributed by atoms with Crippen LogP contribution in [0.4, 0.5) is 5.69 Å². The first-order chi connectivity index (χ1) is 12.4. The minimum atomic E-state index is 0.201. The summed E-state index contributed by atoms with van der Waals surface area (Å²) in [7, 11) is 0. The maximum Gasteiger partial charge on any atom is 0.122 e. The van der Waals surface area contributed by atoms with Gasteiger partial charge < -0.3 is 14.8 Å². The van der Waals surface area contributed by atoms with Crippen molar-refractivity contribution < 1.29 is 9.47 Å². The van der Waals surface area contributed by atoms with Crippen LogP contribution in [0.25, 0.3) is 0 Å². The minimum absolute atomic E-state index is 0.201. The molecule has 0 unspecified atom stereocenters. The molecule has 1 N–H and O–H groups in total. The molecule has 0 aliphatic heterocycles. The average molecular weight is 356 g/mol. The molecule has 2 aromatic carbocycles. The molecule has 0 amide bonds. The lowest BCUT2D eigenvalue weighted by Gasteiger charge is -2.26. The number of anilines is 1. The van der Waals surface area contributed by atoms with E-state index in [0.29, 0.717) is 6.61 Å². The summed E-state index contributed by atoms with van der Waals surface area (Å²) >= 11 is 0. The first-order valence-electron chi connectivity index (χ1n) is 9.56. The summed E-state index contributed by atoms with van der Waals surface area (Å²) in [6, 6.07) is 14.5. The Bertz CT molecular complexity index is 694. The van der Waals surface area contributed by atoms with Crippen molar-refractivity contribution in [1.82, 2.24) is 0 Å². The second-order valence-corrected chi connectivity index (χ2v) is 7.70. The second kappa shape index (κ2) is 9.51. The van der Waals surface area contributed by atoms with Crippen molar-refractivity contribution in [2.45, 2.75) is 47.5 Å². The first-order valence-corrected chi connectivity index (χ1v) is 9.56. The van der Waals surface area contributed by atoms with Crippen molar-refractivity contribution in [3.05, 3.63) is 53.6 Å². The highest BCUT2D eigenvalue weighted by atomic mass is 16.5. The third-order valence-electron chi connectivity index (χ3n) is 4.52. The van der Waals surface area contributed by atoms with Gasteiger partial charge in [-0.25, -0.2) is 0 Å². The van der Waals surface area contributed by atoms with Crippen molar-refractivity contribution in [1.29, 1.82) is 0 Å². The van der Waals surface area contributed by atoms with Crippen LogP contribution in [0, 0.1) is 19.3 Å². The van der Waals surface area contributed by atoms with Gasteiger partial charge in [0.2, 0.25) is 0 Å². The van der Waals surface area contributed by atoms with Crippen LogP contribution < -0.4 is 14.8 Å². The number of benzene rings is 2. The smallest absolute Gasteiger partial charge is 0.122 e. The Hall–Kier alpha value is -2.16. The fourth-order valence-corrected chi connectivity index (χ4v) is 2.89. The normalized spacial score (nSPS) is 11.3. The van der Waals surface area contributed by atoms with Crippen LogP contribution in [0.2, 0.25) is 0 Å². The van der Waals surface area contributed by atoms with E-state index in [2.05, 4.69) is 63.3 Å². The van der Waals surface area contributed by atoms with Crippen molar-refractivity contribution in [2.75, 3.05) is 25.1 Å². The molecule has 0 spiro atoms. The highest BCUT2D eigenvalue weighted by Crippen LogP contribution is 2.25. The highest BCUT2D eigenvalue weighted by Gasteiger charge is 2.17. The summed E-state index contributed by atoms with van der Waals surface area (Å²) in [5, 5.41) is 3.54. The number of hydrogen-bond acceptors (Lipinski definition) is 3. The molecule has 26 heavy (non-hydrogen) atoms. The molecule has 0 atom stereocenters. The lowest BCUT2D eigenvalue weighted by molar-refractivity contribution is 0.263. The van der Waals surface area contributed by atoms with Gasteiger partial charge in [-0.15, -0.1) is 0 Å².